The summed E-state index contributed by atoms with van der Waals surface area (Å²) >= 11 is 6.89. The second-order valence-electron chi connectivity index (χ2n) is 4.71. The maximum Gasteiger partial charge on any atom is 0.128 e. The van der Waals surface area contributed by atoms with Crippen LogP contribution in [0.5, 0.6) is 5.75 Å². The molecule has 1 atom stereocenters. The van der Waals surface area contributed by atoms with Crippen LogP contribution in [0.25, 0.3) is 0 Å². The summed E-state index contributed by atoms with van der Waals surface area (Å²) in [5.74, 6) is 0.747. The van der Waals surface area contributed by atoms with Crippen molar-refractivity contribution in [3.8, 4) is 5.75 Å². The smallest absolute Gasteiger partial charge is 0.128 e. The van der Waals surface area contributed by atoms with E-state index in [1.54, 1.807) is 7.11 Å². The zero-order valence-electron chi connectivity index (χ0n) is 11.6. The van der Waals surface area contributed by atoms with Crippen LogP contribution in [0.2, 0.25) is 0 Å². The monoisotopic (exact) mass is 398 g/mol. The number of methoxy groups -OCH3 is 1. The van der Waals surface area contributed by atoms with Gasteiger partial charge in [0.2, 0.25) is 0 Å². The van der Waals surface area contributed by atoms with Gasteiger partial charge in [-0.2, -0.15) is 0 Å². The second-order valence-corrected chi connectivity index (χ2v) is 6.41. The molecule has 0 saturated heterocycles. The fraction of sp³-hybridized carbons (Fsp3) is 0.250. The van der Waals surface area contributed by atoms with Gasteiger partial charge in [-0.05, 0) is 74.5 Å². The van der Waals surface area contributed by atoms with Crippen LogP contribution in [-0.4, -0.2) is 12.2 Å². The third kappa shape index (κ3) is 2.92. The van der Waals surface area contributed by atoms with E-state index in [9.17, 15) is 5.11 Å². The van der Waals surface area contributed by atoms with Gasteiger partial charge in [-0.15, -0.1) is 0 Å². The Labute approximate surface area is 136 Å². The second kappa shape index (κ2) is 6.29. The van der Waals surface area contributed by atoms with E-state index in [-0.39, 0.29) is 0 Å². The number of benzene rings is 2. The minimum atomic E-state index is -0.714. The molecule has 106 valence electrons. The Balaban J connectivity index is 2.50. The maximum atomic E-state index is 10.6. The van der Waals surface area contributed by atoms with E-state index in [4.69, 9.17) is 4.74 Å². The van der Waals surface area contributed by atoms with E-state index >= 15 is 0 Å². The third-order valence-corrected chi connectivity index (χ3v) is 5.34. The highest BCUT2D eigenvalue weighted by atomic mass is 79.9. The molecule has 0 heterocycles. The Morgan fingerprint density at radius 1 is 1.05 bits per heavy atom. The summed E-state index contributed by atoms with van der Waals surface area (Å²) in [6.07, 6.45) is -0.714. The number of aryl methyl sites for hydroxylation is 1. The number of halogens is 2. The van der Waals surface area contributed by atoms with Gasteiger partial charge in [0.25, 0.3) is 0 Å². The first kappa shape index (κ1) is 15.5. The minimum absolute atomic E-state index is 0.714. The molecule has 2 nitrogen and oxygen atoms in total. The van der Waals surface area contributed by atoms with Crippen molar-refractivity contribution >= 4 is 31.9 Å². The lowest BCUT2D eigenvalue weighted by Crippen LogP contribution is -2.04. The molecule has 0 aliphatic rings. The number of aliphatic hydroxyl groups is 1. The van der Waals surface area contributed by atoms with Crippen LogP contribution >= 0.6 is 31.9 Å². The molecule has 0 amide bonds. The molecule has 0 bridgehead atoms. The van der Waals surface area contributed by atoms with Gasteiger partial charge >= 0.3 is 0 Å². The summed E-state index contributed by atoms with van der Waals surface area (Å²) in [5.41, 5.74) is 3.81. The van der Waals surface area contributed by atoms with Crippen molar-refractivity contribution in [2.24, 2.45) is 0 Å². The summed E-state index contributed by atoms with van der Waals surface area (Å²) in [6, 6.07) is 9.64. The van der Waals surface area contributed by atoms with E-state index in [0.29, 0.717) is 0 Å². The van der Waals surface area contributed by atoms with E-state index < -0.39 is 6.10 Å². The quantitative estimate of drug-likeness (QED) is 0.793. The molecular formula is C16H16Br2O2. The van der Waals surface area contributed by atoms with Gasteiger partial charge in [-0.25, -0.2) is 0 Å². The van der Waals surface area contributed by atoms with E-state index in [0.717, 1.165) is 36.9 Å². The molecule has 0 spiro atoms. The predicted molar refractivity (Wildman–Crippen MR) is 88.4 cm³/mol. The van der Waals surface area contributed by atoms with Crippen LogP contribution in [0.15, 0.2) is 39.3 Å². The van der Waals surface area contributed by atoms with Crippen LogP contribution in [0.1, 0.15) is 28.4 Å². The molecule has 1 unspecified atom stereocenters. The molecule has 0 aliphatic carbocycles. The topological polar surface area (TPSA) is 29.5 Å². The predicted octanol–water partition coefficient (Wildman–Crippen LogP) is 4.92. The lowest BCUT2D eigenvalue weighted by molar-refractivity contribution is 0.214. The zero-order valence-corrected chi connectivity index (χ0v) is 14.7. The van der Waals surface area contributed by atoms with Crippen molar-refractivity contribution in [2.45, 2.75) is 20.0 Å². The van der Waals surface area contributed by atoms with Crippen molar-refractivity contribution in [3.05, 3.63) is 61.5 Å². The van der Waals surface area contributed by atoms with Crippen molar-refractivity contribution in [2.75, 3.05) is 7.11 Å². The number of aliphatic hydroxyl groups excluding tert-OH is 1. The van der Waals surface area contributed by atoms with Gasteiger partial charge in [-0.1, -0.05) is 18.2 Å². The molecule has 0 aromatic heterocycles. The average molecular weight is 400 g/mol. The lowest BCUT2D eigenvalue weighted by Gasteiger charge is -2.18. The van der Waals surface area contributed by atoms with Gasteiger partial charge in [0.1, 0.15) is 11.9 Å². The largest absolute Gasteiger partial charge is 0.496 e. The molecule has 4 heteroatoms. The molecule has 2 rings (SSSR count). The summed E-state index contributed by atoms with van der Waals surface area (Å²) < 4.78 is 7.35. The van der Waals surface area contributed by atoms with Crippen molar-refractivity contribution in [1.29, 1.82) is 0 Å². The van der Waals surface area contributed by atoms with Crippen molar-refractivity contribution in [1.82, 2.24) is 0 Å². The number of hydrogen-bond acceptors (Lipinski definition) is 2. The van der Waals surface area contributed by atoms with Crippen LogP contribution in [0.4, 0.5) is 0 Å². The Kier molecular flexibility index (Phi) is 4.89. The Bertz CT molecular complexity index is 639. The highest BCUT2D eigenvalue weighted by molar-refractivity contribution is 9.13. The number of rotatable bonds is 3. The highest BCUT2D eigenvalue weighted by Crippen LogP contribution is 2.35. The van der Waals surface area contributed by atoms with Crippen molar-refractivity contribution in [3.63, 3.8) is 0 Å². The Hall–Kier alpha value is -0.840. The molecule has 0 saturated carbocycles. The highest BCUT2D eigenvalue weighted by Gasteiger charge is 2.18. The molecule has 20 heavy (non-hydrogen) atoms. The minimum Gasteiger partial charge on any atom is -0.496 e. The first-order valence-electron chi connectivity index (χ1n) is 6.22. The van der Waals surface area contributed by atoms with Crippen LogP contribution in [-0.2, 0) is 0 Å². The van der Waals surface area contributed by atoms with E-state index in [1.807, 2.05) is 44.2 Å². The average Bonchev–Trinajstić information content (AvgIpc) is 2.44. The summed E-state index contributed by atoms with van der Waals surface area (Å²) in [5, 5.41) is 10.6. The normalized spacial score (nSPS) is 12.3. The molecule has 2 aromatic carbocycles. The van der Waals surface area contributed by atoms with Crippen LogP contribution < -0.4 is 4.74 Å². The first-order chi connectivity index (χ1) is 9.45. The van der Waals surface area contributed by atoms with Gasteiger partial charge in [0.05, 0.1) is 7.11 Å². The summed E-state index contributed by atoms with van der Waals surface area (Å²) in [4.78, 5) is 0. The molecule has 1 N–H and O–H groups in total. The first-order valence-corrected chi connectivity index (χ1v) is 7.81. The van der Waals surface area contributed by atoms with Crippen molar-refractivity contribution < 1.29 is 9.84 Å². The Morgan fingerprint density at radius 3 is 2.35 bits per heavy atom. The van der Waals surface area contributed by atoms with Gasteiger partial charge < -0.3 is 9.84 Å². The number of hydrogen-bond donors (Lipinski definition) is 1. The molecule has 0 radical (unpaired) electrons. The standard InChI is InChI=1S/C16H16Br2O2/c1-9-4-6-12(16(20-3)10(9)2)15(19)11-5-7-13(17)14(18)8-11/h4-8,15,19H,1-3H3. The summed E-state index contributed by atoms with van der Waals surface area (Å²) in [6.45, 7) is 4.03. The zero-order chi connectivity index (χ0) is 14.9. The number of ether oxygens (including phenoxy) is 1. The maximum absolute atomic E-state index is 10.6. The molecule has 2 aromatic rings. The van der Waals surface area contributed by atoms with Gasteiger partial charge in [0, 0.05) is 14.5 Å². The fourth-order valence-corrected chi connectivity index (χ4v) is 2.80. The Morgan fingerprint density at radius 2 is 1.75 bits per heavy atom. The lowest BCUT2D eigenvalue weighted by atomic mass is 9.96. The SMILES string of the molecule is COc1c(C(O)c2ccc(Br)c(Br)c2)ccc(C)c1C. The summed E-state index contributed by atoms with van der Waals surface area (Å²) in [7, 11) is 1.63. The van der Waals surface area contributed by atoms with E-state index in [1.165, 1.54) is 0 Å². The fourth-order valence-electron chi connectivity index (χ4n) is 2.16. The van der Waals surface area contributed by atoms with Gasteiger partial charge in [0.15, 0.2) is 0 Å². The molecular weight excluding hydrogens is 384 g/mol. The van der Waals surface area contributed by atoms with Crippen LogP contribution in [0.3, 0.4) is 0 Å². The van der Waals surface area contributed by atoms with Gasteiger partial charge in [-0.3, -0.25) is 0 Å². The van der Waals surface area contributed by atoms with Crippen LogP contribution in [0, 0.1) is 13.8 Å². The molecule has 0 fully saturated rings. The van der Waals surface area contributed by atoms with E-state index in [2.05, 4.69) is 31.9 Å². The molecule has 0 aliphatic heterocycles. The third-order valence-electron chi connectivity index (χ3n) is 3.47.